The van der Waals surface area contributed by atoms with Crippen molar-refractivity contribution < 1.29 is 8.42 Å². The topological polar surface area (TPSA) is 58.4 Å². The molecule has 1 aliphatic rings. The normalized spacial score (nSPS) is 18.2. The van der Waals surface area contributed by atoms with Gasteiger partial charge in [0.25, 0.3) is 10.0 Å². The van der Waals surface area contributed by atoms with Crippen LogP contribution < -0.4 is 0 Å². The second-order valence-corrected chi connectivity index (χ2v) is 7.52. The fourth-order valence-corrected chi connectivity index (χ4v) is 4.17. The summed E-state index contributed by atoms with van der Waals surface area (Å²) in [5, 5.41) is 0.166. The number of sulfonamides is 1. The van der Waals surface area contributed by atoms with E-state index < -0.39 is 10.0 Å². The van der Waals surface area contributed by atoms with Crippen molar-refractivity contribution in [1.29, 1.82) is 0 Å². The molecule has 0 spiro atoms. The number of piperazine rings is 1. The van der Waals surface area contributed by atoms with Gasteiger partial charge in [-0.15, -0.1) is 11.6 Å². The van der Waals surface area contributed by atoms with Crippen LogP contribution in [0.1, 0.15) is 19.2 Å². The molecule has 0 radical (unpaired) electrons. The van der Waals surface area contributed by atoms with E-state index >= 15 is 0 Å². The van der Waals surface area contributed by atoms with Crippen LogP contribution >= 0.6 is 11.6 Å². The van der Waals surface area contributed by atoms with Gasteiger partial charge >= 0.3 is 0 Å². The van der Waals surface area contributed by atoms with E-state index in [1.165, 1.54) is 4.31 Å². The number of imidazole rings is 1. The molecule has 0 amide bonds. The quantitative estimate of drug-likeness (QED) is 0.732. The second kappa shape index (κ2) is 7.09. The molecule has 0 unspecified atom stereocenters. The fourth-order valence-electron chi connectivity index (χ4n) is 2.52. The number of halogens is 1. The van der Waals surface area contributed by atoms with E-state index in [0.29, 0.717) is 19.0 Å². The van der Waals surface area contributed by atoms with E-state index in [9.17, 15) is 8.42 Å². The van der Waals surface area contributed by atoms with Gasteiger partial charge in [0.2, 0.25) is 0 Å². The van der Waals surface area contributed by atoms with Crippen molar-refractivity contribution in [2.75, 3.05) is 38.6 Å². The van der Waals surface area contributed by atoms with Gasteiger partial charge in [0.1, 0.15) is 5.82 Å². The zero-order valence-corrected chi connectivity index (χ0v) is 14.2. The Morgan fingerprint density at radius 2 is 1.90 bits per heavy atom. The first-order valence-electron chi connectivity index (χ1n) is 7.31. The van der Waals surface area contributed by atoms with Crippen molar-refractivity contribution in [2.24, 2.45) is 0 Å². The van der Waals surface area contributed by atoms with Gasteiger partial charge in [-0.2, -0.15) is 4.31 Å². The van der Waals surface area contributed by atoms with E-state index in [1.54, 1.807) is 6.20 Å². The summed E-state index contributed by atoms with van der Waals surface area (Å²) >= 11 is 5.72. The Hall–Kier alpha value is -0.630. The number of hydrogen-bond acceptors (Lipinski definition) is 4. The van der Waals surface area contributed by atoms with Crippen LogP contribution in [0.3, 0.4) is 0 Å². The Morgan fingerprint density at radius 3 is 2.48 bits per heavy atom. The molecule has 0 aromatic carbocycles. The van der Waals surface area contributed by atoms with Crippen LogP contribution in [0.15, 0.2) is 11.2 Å². The average Bonchev–Trinajstić information content (AvgIpc) is 2.82. The fraction of sp³-hybridized carbons (Fsp3) is 0.769. The molecule has 2 rings (SSSR count). The molecule has 120 valence electrons. The minimum atomic E-state index is -3.48. The molecule has 0 bridgehead atoms. The van der Waals surface area contributed by atoms with Crippen LogP contribution in [0, 0.1) is 6.92 Å². The summed E-state index contributed by atoms with van der Waals surface area (Å²) in [6.07, 6.45) is 2.60. The highest BCUT2D eigenvalue weighted by molar-refractivity contribution is 7.89. The lowest BCUT2D eigenvalue weighted by Crippen LogP contribution is -2.49. The second-order valence-electron chi connectivity index (χ2n) is 5.25. The standard InChI is InChI=1S/C13H23ClN4O2S/c1-3-5-17-11-13(15-12(17)2)21(19,20)18-9-7-16(6-4-14)8-10-18/h11H,3-10H2,1-2H3. The van der Waals surface area contributed by atoms with E-state index in [1.807, 2.05) is 11.5 Å². The number of hydrogen-bond donors (Lipinski definition) is 0. The number of alkyl halides is 1. The van der Waals surface area contributed by atoms with Gasteiger partial charge in [-0.1, -0.05) is 6.92 Å². The zero-order valence-electron chi connectivity index (χ0n) is 12.6. The molecular weight excluding hydrogens is 312 g/mol. The highest BCUT2D eigenvalue weighted by atomic mass is 35.5. The Kier molecular flexibility index (Phi) is 5.65. The summed E-state index contributed by atoms with van der Waals surface area (Å²) in [5.41, 5.74) is 0. The first-order chi connectivity index (χ1) is 9.98. The summed E-state index contributed by atoms with van der Waals surface area (Å²) in [6.45, 7) is 7.94. The molecule has 1 fully saturated rings. The molecule has 0 saturated carbocycles. The monoisotopic (exact) mass is 334 g/mol. The van der Waals surface area contributed by atoms with E-state index in [-0.39, 0.29) is 5.03 Å². The third kappa shape index (κ3) is 3.77. The molecule has 0 N–H and O–H groups in total. The molecule has 21 heavy (non-hydrogen) atoms. The minimum absolute atomic E-state index is 0.166. The SMILES string of the molecule is CCCn1cc(S(=O)(=O)N2CCN(CCCl)CC2)nc1C. The zero-order chi connectivity index (χ0) is 15.5. The number of aryl methyl sites for hydroxylation is 2. The summed E-state index contributed by atoms with van der Waals surface area (Å²) < 4.78 is 28.7. The van der Waals surface area contributed by atoms with E-state index in [2.05, 4.69) is 16.8 Å². The summed E-state index contributed by atoms with van der Waals surface area (Å²) in [5.74, 6) is 1.32. The number of aromatic nitrogens is 2. The molecule has 0 aliphatic carbocycles. The maximum absolute atomic E-state index is 12.6. The van der Waals surface area contributed by atoms with Crippen molar-refractivity contribution in [3.05, 3.63) is 12.0 Å². The molecule has 1 aliphatic heterocycles. The lowest BCUT2D eigenvalue weighted by atomic mass is 10.4. The van der Waals surface area contributed by atoms with Crippen LogP contribution in [-0.2, 0) is 16.6 Å². The van der Waals surface area contributed by atoms with E-state index in [4.69, 9.17) is 11.6 Å². The Bertz CT molecular complexity index is 565. The lowest BCUT2D eigenvalue weighted by Gasteiger charge is -2.33. The van der Waals surface area contributed by atoms with Crippen LogP contribution in [0.5, 0.6) is 0 Å². The third-order valence-electron chi connectivity index (χ3n) is 3.75. The molecular formula is C13H23ClN4O2S. The average molecular weight is 335 g/mol. The van der Waals surface area contributed by atoms with Crippen LogP contribution in [0.25, 0.3) is 0 Å². The summed E-state index contributed by atoms with van der Waals surface area (Å²) in [7, 11) is -3.48. The Balaban J connectivity index is 2.10. The molecule has 1 aromatic rings. The smallest absolute Gasteiger partial charge is 0.262 e. The Morgan fingerprint density at radius 1 is 1.24 bits per heavy atom. The summed E-state index contributed by atoms with van der Waals surface area (Å²) in [4.78, 5) is 6.41. The number of nitrogens with zero attached hydrogens (tertiary/aromatic N) is 4. The molecule has 1 aromatic heterocycles. The van der Waals surface area contributed by atoms with Gasteiger partial charge in [-0.3, -0.25) is 4.90 Å². The maximum atomic E-state index is 12.6. The minimum Gasteiger partial charge on any atom is -0.334 e. The van der Waals surface area contributed by atoms with Gasteiger partial charge in [0, 0.05) is 51.3 Å². The Labute approximate surface area is 131 Å². The van der Waals surface area contributed by atoms with Crippen LogP contribution in [0.4, 0.5) is 0 Å². The van der Waals surface area contributed by atoms with Crippen molar-refractivity contribution in [3.63, 3.8) is 0 Å². The molecule has 8 heteroatoms. The summed E-state index contributed by atoms with van der Waals surface area (Å²) in [6, 6.07) is 0. The first kappa shape index (κ1) is 16.7. The predicted molar refractivity (Wildman–Crippen MR) is 83.2 cm³/mol. The highest BCUT2D eigenvalue weighted by Gasteiger charge is 2.30. The predicted octanol–water partition coefficient (Wildman–Crippen LogP) is 1.15. The largest absolute Gasteiger partial charge is 0.334 e. The van der Waals surface area contributed by atoms with Crippen LogP contribution in [-0.4, -0.2) is 65.8 Å². The van der Waals surface area contributed by atoms with Crippen molar-refractivity contribution in [1.82, 2.24) is 18.8 Å². The third-order valence-corrected chi connectivity index (χ3v) is 5.69. The molecule has 0 atom stereocenters. The van der Waals surface area contributed by atoms with Crippen LogP contribution in [0.2, 0.25) is 0 Å². The van der Waals surface area contributed by atoms with Gasteiger partial charge < -0.3 is 4.57 Å². The highest BCUT2D eigenvalue weighted by Crippen LogP contribution is 2.17. The van der Waals surface area contributed by atoms with Crippen molar-refractivity contribution in [3.8, 4) is 0 Å². The van der Waals surface area contributed by atoms with Gasteiger partial charge in [-0.25, -0.2) is 13.4 Å². The van der Waals surface area contributed by atoms with Gasteiger partial charge in [0.15, 0.2) is 5.03 Å². The lowest BCUT2D eigenvalue weighted by molar-refractivity contribution is 0.197. The molecule has 2 heterocycles. The van der Waals surface area contributed by atoms with Crippen molar-refractivity contribution >= 4 is 21.6 Å². The maximum Gasteiger partial charge on any atom is 0.262 e. The molecule has 6 nitrogen and oxygen atoms in total. The number of rotatable bonds is 6. The van der Waals surface area contributed by atoms with Gasteiger partial charge in [0.05, 0.1) is 0 Å². The van der Waals surface area contributed by atoms with E-state index in [0.717, 1.165) is 38.4 Å². The molecule has 1 saturated heterocycles. The van der Waals surface area contributed by atoms with Gasteiger partial charge in [-0.05, 0) is 13.3 Å². The first-order valence-corrected chi connectivity index (χ1v) is 9.28. The van der Waals surface area contributed by atoms with Crippen molar-refractivity contribution in [2.45, 2.75) is 31.8 Å².